The fourth-order valence-corrected chi connectivity index (χ4v) is 2.23. The molecule has 0 spiro atoms. The van der Waals surface area contributed by atoms with Gasteiger partial charge in [-0.05, 0) is 25.0 Å². The van der Waals surface area contributed by atoms with E-state index in [-0.39, 0.29) is 11.8 Å². The normalized spacial score (nSPS) is 10.3. The van der Waals surface area contributed by atoms with E-state index in [1.54, 1.807) is 11.9 Å². The summed E-state index contributed by atoms with van der Waals surface area (Å²) in [5.74, 6) is 0.0913. The average Bonchev–Trinajstić information content (AvgIpc) is 2.54. The second-order valence-electron chi connectivity index (χ2n) is 5.55. The first-order valence-electron chi connectivity index (χ1n) is 8.23. The summed E-state index contributed by atoms with van der Waals surface area (Å²) < 4.78 is 0. The standard InChI is InChI=1S/C18H28N2O2/c1-3-4-5-9-15-19-17(21)13-10-14-18(22)20(2)16-11-7-6-8-12-16/h6-8,11-12H,3-5,9-10,13-15H2,1-2H3,(H,19,21). The first kappa shape index (κ1) is 18.2. The lowest BCUT2D eigenvalue weighted by molar-refractivity contribution is -0.121. The van der Waals surface area contributed by atoms with Crippen molar-refractivity contribution in [1.29, 1.82) is 0 Å². The Labute approximate surface area is 133 Å². The van der Waals surface area contributed by atoms with Crippen molar-refractivity contribution in [2.24, 2.45) is 0 Å². The first-order chi connectivity index (χ1) is 10.6. The molecule has 1 rings (SSSR count). The minimum atomic E-state index is 0.0435. The molecule has 122 valence electrons. The van der Waals surface area contributed by atoms with E-state index in [4.69, 9.17) is 0 Å². The van der Waals surface area contributed by atoms with Crippen LogP contribution in [0, 0.1) is 0 Å². The molecule has 0 radical (unpaired) electrons. The predicted octanol–water partition coefficient (Wildman–Crippen LogP) is 3.52. The van der Waals surface area contributed by atoms with Gasteiger partial charge in [-0.25, -0.2) is 0 Å². The van der Waals surface area contributed by atoms with Crippen LogP contribution in [0.4, 0.5) is 5.69 Å². The number of amides is 2. The number of unbranched alkanes of at least 4 members (excludes halogenated alkanes) is 3. The molecule has 4 nitrogen and oxygen atoms in total. The summed E-state index contributed by atoms with van der Waals surface area (Å²) in [5.41, 5.74) is 0.882. The largest absolute Gasteiger partial charge is 0.356 e. The quantitative estimate of drug-likeness (QED) is 0.672. The second kappa shape index (κ2) is 10.8. The number of nitrogens with one attached hydrogen (secondary N) is 1. The lowest BCUT2D eigenvalue weighted by atomic mass is 10.2. The van der Waals surface area contributed by atoms with E-state index in [9.17, 15) is 9.59 Å². The molecule has 0 saturated carbocycles. The molecule has 0 bridgehead atoms. The van der Waals surface area contributed by atoms with E-state index in [1.165, 1.54) is 12.8 Å². The van der Waals surface area contributed by atoms with Gasteiger partial charge in [0.15, 0.2) is 0 Å². The highest BCUT2D eigenvalue weighted by molar-refractivity contribution is 5.92. The van der Waals surface area contributed by atoms with Crippen LogP contribution >= 0.6 is 0 Å². The zero-order valence-electron chi connectivity index (χ0n) is 13.8. The van der Waals surface area contributed by atoms with Crippen LogP contribution in [0.25, 0.3) is 0 Å². The number of carbonyl (C=O) groups excluding carboxylic acids is 2. The fourth-order valence-electron chi connectivity index (χ4n) is 2.23. The number of anilines is 1. The third-order valence-corrected chi connectivity index (χ3v) is 3.66. The van der Waals surface area contributed by atoms with Gasteiger partial charge in [0.25, 0.3) is 0 Å². The lowest BCUT2D eigenvalue weighted by Crippen LogP contribution is -2.27. The van der Waals surface area contributed by atoms with Crippen LogP contribution < -0.4 is 10.2 Å². The van der Waals surface area contributed by atoms with Gasteiger partial charge >= 0.3 is 0 Å². The zero-order chi connectivity index (χ0) is 16.2. The van der Waals surface area contributed by atoms with Crippen LogP contribution in [0.15, 0.2) is 30.3 Å². The Balaban J connectivity index is 2.15. The molecule has 4 heteroatoms. The summed E-state index contributed by atoms with van der Waals surface area (Å²) in [4.78, 5) is 25.4. The maximum absolute atomic E-state index is 12.1. The third kappa shape index (κ3) is 7.25. The van der Waals surface area contributed by atoms with Crippen molar-refractivity contribution in [3.63, 3.8) is 0 Å². The molecule has 2 amide bonds. The molecule has 1 aromatic rings. The second-order valence-corrected chi connectivity index (χ2v) is 5.55. The number of hydrogen-bond donors (Lipinski definition) is 1. The summed E-state index contributed by atoms with van der Waals surface area (Å²) in [5, 5.41) is 2.91. The van der Waals surface area contributed by atoms with E-state index in [0.29, 0.717) is 19.3 Å². The van der Waals surface area contributed by atoms with E-state index in [2.05, 4.69) is 12.2 Å². The van der Waals surface area contributed by atoms with E-state index >= 15 is 0 Å². The van der Waals surface area contributed by atoms with Gasteiger partial charge in [-0.2, -0.15) is 0 Å². The van der Waals surface area contributed by atoms with Crippen molar-refractivity contribution in [3.8, 4) is 0 Å². The van der Waals surface area contributed by atoms with Gasteiger partial charge in [-0.3, -0.25) is 9.59 Å². The highest BCUT2D eigenvalue weighted by Crippen LogP contribution is 2.13. The predicted molar refractivity (Wildman–Crippen MR) is 90.9 cm³/mol. The Morgan fingerprint density at radius 2 is 1.73 bits per heavy atom. The summed E-state index contributed by atoms with van der Waals surface area (Å²) >= 11 is 0. The maximum atomic E-state index is 12.1. The van der Waals surface area contributed by atoms with Crippen LogP contribution in [0.5, 0.6) is 0 Å². The van der Waals surface area contributed by atoms with Gasteiger partial charge in [-0.1, -0.05) is 44.4 Å². The molecule has 0 fully saturated rings. The number of para-hydroxylation sites is 1. The zero-order valence-corrected chi connectivity index (χ0v) is 13.8. The minimum Gasteiger partial charge on any atom is -0.356 e. The van der Waals surface area contributed by atoms with Crippen LogP contribution in [0.3, 0.4) is 0 Å². The van der Waals surface area contributed by atoms with Crippen molar-refractivity contribution in [2.75, 3.05) is 18.5 Å². The Morgan fingerprint density at radius 3 is 2.41 bits per heavy atom. The molecule has 0 heterocycles. The molecule has 0 atom stereocenters. The Hall–Kier alpha value is -1.84. The molecule has 0 aromatic heterocycles. The topological polar surface area (TPSA) is 49.4 Å². The molecule has 0 aliphatic heterocycles. The van der Waals surface area contributed by atoms with Gasteiger partial charge in [0.1, 0.15) is 0 Å². The summed E-state index contributed by atoms with van der Waals surface area (Å²) in [6.07, 6.45) is 6.03. The fraction of sp³-hybridized carbons (Fsp3) is 0.556. The number of hydrogen-bond acceptors (Lipinski definition) is 2. The summed E-state index contributed by atoms with van der Waals surface area (Å²) in [6, 6.07) is 9.55. The van der Waals surface area contributed by atoms with Gasteiger partial charge in [0.2, 0.25) is 11.8 Å². The molecular formula is C18H28N2O2. The Kier molecular flexibility index (Phi) is 8.96. The third-order valence-electron chi connectivity index (χ3n) is 3.66. The van der Waals surface area contributed by atoms with Gasteiger partial charge in [0, 0.05) is 32.1 Å². The number of nitrogens with zero attached hydrogens (tertiary/aromatic N) is 1. The molecule has 22 heavy (non-hydrogen) atoms. The van der Waals surface area contributed by atoms with Crippen molar-refractivity contribution in [2.45, 2.75) is 51.9 Å². The minimum absolute atomic E-state index is 0.0435. The number of benzene rings is 1. The first-order valence-corrected chi connectivity index (χ1v) is 8.23. The summed E-state index contributed by atoms with van der Waals surface area (Å²) in [6.45, 7) is 2.92. The molecule has 0 aliphatic rings. The van der Waals surface area contributed by atoms with Crippen molar-refractivity contribution >= 4 is 17.5 Å². The smallest absolute Gasteiger partial charge is 0.226 e. The maximum Gasteiger partial charge on any atom is 0.226 e. The van der Waals surface area contributed by atoms with Gasteiger partial charge < -0.3 is 10.2 Å². The van der Waals surface area contributed by atoms with Gasteiger partial charge in [-0.15, -0.1) is 0 Å². The Bertz CT molecular complexity index is 446. The van der Waals surface area contributed by atoms with Crippen LogP contribution in [0.2, 0.25) is 0 Å². The molecule has 0 unspecified atom stereocenters. The van der Waals surface area contributed by atoms with Crippen LogP contribution in [-0.2, 0) is 9.59 Å². The molecule has 0 saturated heterocycles. The molecule has 1 N–H and O–H groups in total. The van der Waals surface area contributed by atoms with Crippen LogP contribution in [0.1, 0.15) is 51.9 Å². The molecule has 1 aromatic carbocycles. The molecule has 0 aliphatic carbocycles. The highest BCUT2D eigenvalue weighted by Gasteiger charge is 2.11. The van der Waals surface area contributed by atoms with Crippen molar-refractivity contribution in [1.82, 2.24) is 5.32 Å². The monoisotopic (exact) mass is 304 g/mol. The number of carbonyl (C=O) groups is 2. The molecular weight excluding hydrogens is 276 g/mol. The average molecular weight is 304 g/mol. The SMILES string of the molecule is CCCCCCNC(=O)CCCC(=O)N(C)c1ccccc1. The van der Waals surface area contributed by atoms with Crippen LogP contribution in [-0.4, -0.2) is 25.4 Å². The van der Waals surface area contributed by atoms with E-state index in [1.807, 2.05) is 30.3 Å². The van der Waals surface area contributed by atoms with Gasteiger partial charge in [0.05, 0.1) is 0 Å². The lowest BCUT2D eigenvalue weighted by Gasteiger charge is -2.17. The summed E-state index contributed by atoms with van der Waals surface area (Å²) in [7, 11) is 1.77. The Morgan fingerprint density at radius 1 is 1.00 bits per heavy atom. The van der Waals surface area contributed by atoms with Crippen molar-refractivity contribution < 1.29 is 9.59 Å². The van der Waals surface area contributed by atoms with E-state index < -0.39 is 0 Å². The number of rotatable bonds is 10. The highest BCUT2D eigenvalue weighted by atomic mass is 16.2. The van der Waals surface area contributed by atoms with Crippen molar-refractivity contribution in [3.05, 3.63) is 30.3 Å². The van der Waals surface area contributed by atoms with E-state index in [0.717, 1.165) is 25.1 Å².